The average molecular weight is 214 g/mol. The maximum Gasteiger partial charge on any atom is 0.0923 e. The molecule has 1 saturated carbocycles. The Kier molecular flexibility index (Phi) is 4.56. The van der Waals surface area contributed by atoms with Gasteiger partial charge in [-0.25, -0.2) is 0 Å². The van der Waals surface area contributed by atoms with Crippen molar-refractivity contribution in [1.29, 1.82) is 0 Å². The number of hydrogen-bond donors (Lipinski definition) is 2. The van der Waals surface area contributed by atoms with Crippen LogP contribution in [0.5, 0.6) is 0 Å². The lowest BCUT2D eigenvalue weighted by Gasteiger charge is -2.36. The highest BCUT2D eigenvalue weighted by Crippen LogP contribution is 2.39. The van der Waals surface area contributed by atoms with Crippen LogP contribution in [0.3, 0.4) is 0 Å². The Morgan fingerprint density at radius 1 is 1.47 bits per heavy atom. The zero-order valence-electron chi connectivity index (χ0n) is 10.4. The fourth-order valence-electron chi connectivity index (χ4n) is 2.17. The van der Waals surface area contributed by atoms with Gasteiger partial charge in [-0.15, -0.1) is 0 Å². The Morgan fingerprint density at radius 2 is 2.07 bits per heavy atom. The van der Waals surface area contributed by atoms with Crippen molar-refractivity contribution in [2.45, 2.75) is 51.7 Å². The summed E-state index contributed by atoms with van der Waals surface area (Å²) in [6.45, 7) is 8.67. The molecular formula is C12H26N2O. The van der Waals surface area contributed by atoms with E-state index in [1.165, 1.54) is 0 Å². The molecule has 1 aliphatic carbocycles. The van der Waals surface area contributed by atoms with Crippen LogP contribution in [0.25, 0.3) is 0 Å². The molecule has 0 aromatic rings. The van der Waals surface area contributed by atoms with Crippen molar-refractivity contribution < 1.29 is 5.11 Å². The van der Waals surface area contributed by atoms with E-state index in [1.54, 1.807) is 0 Å². The molecule has 1 aliphatic rings. The zero-order chi connectivity index (χ0) is 11.5. The van der Waals surface area contributed by atoms with E-state index >= 15 is 0 Å². The van der Waals surface area contributed by atoms with E-state index in [9.17, 15) is 5.11 Å². The minimum atomic E-state index is -0.639. The Morgan fingerprint density at radius 3 is 2.40 bits per heavy atom. The first-order valence-corrected chi connectivity index (χ1v) is 6.23. The summed E-state index contributed by atoms with van der Waals surface area (Å²) in [5, 5.41) is 10.4. The van der Waals surface area contributed by atoms with Gasteiger partial charge in [-0.1, -0.05) is 13.8 Å². The van der Waals surface area contributed by atoms with Gasteiger partial charge in [-0.2, -0.15) is 0 Å². The van der Waals surface area contributed by atoms with Crippen LogP contribution in [0.2, 0.25) is 0 Å². The maximum atomic E-state index is 10.4. The second kappa shape index (κ2) is 5.28. The van der Waals surface area contributed by atoms with Crippen molar-refractivity contribution in [2.24, 2.45) is 11.7 Å². The Hall–Kier alpha value is -0.120. The summed E-state index contributed by atoms with van der Waals surface area (Å²) in [5.41, 5.74) is 5.08. The smallest absolute Gasteiger partial charge is 0.0923 e. The monoisotopic (exact) mass is 214 g/mol. The van der Waals surface area contributed by atoms with E-state index in [4.69, 9.17) is 5.73 Å². The fourth-order valence-corrected chi connectivity index (χ4v) is 2.17. The lowest BCUT2D eigenvalue weighted by atomic mass is 9.96. The van der Waals surface area contributed by atoms with E-state index in [0.29, 0.717) is 18.5 Å². The number of hydrogen-bond acceptors (Lipinski definition) is 3. The van der Waals surface area contributed by atoms with Gasteiger partial charge < -0.3 is 10.8 Å². The minimum absolute atomic E-state index is 0.393. The summed E-state index contributed by atoms with van der Waals surface area (Å²) in [5.74, 6) is 0.445. The number of aliphatic hydroxyl groups is 1. The van der Waals surface area contributed by atoms with Crippen LogP contribution in [0.15, 0.2) is 0 Å². The Balaban J connectivity index is 2.54. The molecule has 0 saturated heterocycles. The van der Waals surface area contributed by atoms with Crippen LogP contribution in [0.1, 0.15) is 40.0 Å². The number of rotatable bonds is 7. The van der Waals surface area contributed by atoms with Crippen molar-refractivity contribution >= 4 is 0 Å². The lowest BCUT2D eigenvalue weighted by Crippen LogP contribution is -2.52. The van der Waals surface area contributed by atoms with Gasteiger partial charge in [0.25, 0.3) is 0 Å². The molecule has 0 amide bonds. The second-order valence-corrected chi connectivity index (χ2v) is 4.90. The van der Waals surface area contributed by atoms with Crippen LogP contribution >= 0.6 is 0 Å². The highest BCUT2D eigenvalue weighted by molar-refractivity contribution is 4.97. The fraction of sp³-hybridized carbons (Fsp3) is 1.00. The van der Waals surface area contributed by atoms with Gasteiger partial charge in [0.1, 0.15) is 0 Å². The molecular weight excluding hydrogens is 188 g/mol. The third-order valence-electron chi connectivity index (χ3n) is 3.79. The third-order valence-corrected chi connectivity index (χ3v) is 3.79. The second-order valence-electron chi connectivity index (χ2n) is 4.90. The largest absolute Gasteiger partial charge is 0.387 e. The first-order valence-electron chi connectivity index (χ1n) is 6.23. The summed E-state index contributed by atoms with van der Waals surface area (Å²) in [7, 11) is 0. The van der Waals surface area contributed by atoms with E-state index in [1.807, 2.05) is 0 Å². The number of likely N-dealkylation sites (N-methyl/N-ethyl adjacent to an activating group) is 1. The summed E-state index contributed by atoms with van der Waals surface area (Å²) in [4.78, 5) is 2.34. The van der Waals surface area contributed by atoms with E-state index in [0.717, 1.165) is 32.4 Å². The first kappa shape index (κ1) is 12.9. The van der Waals surface area contributed by atoms with Gasteiger partial charge >= 0.3 is 0 Å². The van der Waals surface area contributed by atoms with Gasteiger partial charge in [0, 0.05) is 19.1 Å². The molecule has 0 radical (unpaired) electrons. The molecule has 0 aromatic carbocycles. The molecule has 0 heterocycles. The highest BCUT2D eigenvalue weighted by Gasteiger charge is 2.43. The molecule has 1 rings (SSSR count). The van der Waals surface area contributed by atoms with Crippen molar-refractivity contribution in [2.75, 3.05) is 19.6 Å². The molecule has 0 spiro atoms. The maximum absolute atomic E-state index is 10.4. The summed E-state index contributed by atoms with van der Waals surface area (Å²) in [6.07, 6.45) is 3.41. The zero-order valence-corrected chi connectivity index (χ0v) is 10.4. The molecule has 1 fully saturated rings. The molecule has 0 aliphatic heterocycles. The van der Waals surface area contributed by atoms with Gasteiger partial charge in [0.15, 0.2) is 0 Å². The molecule has 3 nitrogen and oxygen atoms in total. The van der Waals surface area contributed by atoms with E-state index in [-0.39, 0.29) is 0 Å². The normalized spacial score (nSPS) is 22.8. The molecule has 15 heavy (non-hydrogen) atoms. The van der Waals surface area contributed by atoms with Crippen molar-refractivity contribution in [3.8, 4) is 0 Å². The summed E-state index contributed by atoms with van der Waals surface area (Å²) < 4.78 is 0. The number of nitrogens with two attached hydrogens (primary N) is 1. The molecule has 90 valence electrons. The SMILES string of the molecule is CCC(C)N(CC)CC(O)(CN)C1CC1. The third kappa shape index (κ3) is 3.16. The topological polar surface area (TPSA) is 49.5 Å². The first-order chi connectivity index (χ1) is 7.07. The minimum Gasteiger partial charge on any atom is -0.387 e. The highest BCUT2D eigenvalue weighted by atomic mass is 16.3. The van der Waals surface area contributed by atoms with Crippen molar-refractivity contribution in [3.63, 3.8) is 0 Å². The molecule has 3 heteroatoms. The standard InChI is InChI=1S/C12H26N2O/c1-4-10(3)14(5-2)9-12(15,8-13)11-6-7-11/h10-11,15H,4-9,13H2,1-3H3. The van der Waals surface area contributed by atoms with Crippen LogP contribution in [0, 0.1) is 5.92 Å². The van der Waals surface area contributed by atoms with Gasteiger partial charge in [0.05, 0.1) is 5.60 Å². The van der Waals surface area contributed by atoms with Gasteiger partial charge in [-0.3, -0.25) is 4.90 Å². The van der Waals surface area contributed by atoms with Crippen LogP contribution in [-0.4, -0.2) is 41.3 Å². The van der Waals surface area contributed by atoms with Crippen molar-refractivity contribution in [3.05, 3.63) is 0 Å². The van der Waals surface area contributed by atoms with Crippen molar-refractivity contribution in [1.82, 2.24) is 4.90 Å². The average Bonchev–Trinajstić information content (AvgIpc) is 3.08. The predicted molar refractivity (Wildman–Crippen MR) is 63.7 cm³/mol. The quantitative estimate of drug-likeness (QED) is 0.669. The molecule has 2 atom stereocenters. The molecule has 2 unspecified atom stereocenters. The number of nitrogens with zero attached hydrogens (tertiary/aromatic N) is 1. The summed E-state index contributed by atoms with van der Waals surface area (Å²) >= 11 is 0. The summed E-state index contributed by atoms with van der Waals surface area (Å²) in [6, 6.07) is 0.534. The molecule has 0 bridgehead atoms. The predicted octanol–water partition coefficient (Wildman–Crippen LogP) is 1.21. The lowest BCUT2D eigenvalue weighted by molar-refractivity contribution is -0.0167. The van der Waals surface area contributed by atoms with Crippen LogP contribution in [-0.2, 0) is 0 Å². The van der Waals surface area contributed by atoms with E-state index in [2.05, 4.69) is 25.7 Å². The van der Waals surface area contributed by atoms with E-state index < -0.39 is 5.60 Å². The Labute approximate surface area is 93.6 Å². The molecule has 3 N–H and O–H groups in total. The van der Waals surface area contributed by atoms with Gasteiger partial charge in [0.2, 0.25) is 0 Å². The molecule has 0 aromatic heterocycles. The Bertz CT molecular complexity index is 194. The van der Waals surface area contributed by atoms with Gasteiger partial charge in [-0.05, 0) is 38.6 Å². The van der Waals surface area contributed by atoms with Crippen LogP contribution in [0.4, 0.5) is 0 Å². The van der Waals surface area contributed by atoms with Crippen LogP contribution < -0.4 is 5.73 Å².